The number of carbonyl (C=O) groups is 5. The van der Waals surface area contributed by atoms with Crippen molar-refractivity contribution in [2.24, 2.45) is 11.7 Å². The summed E-state index contributed by atoms with van der Waals surface area (Å²) in [6.45, 7) is 0.779. The van der Waals surface area contributed by atoms with E-state index in [2.05, 4.69) is 10.6 Å². The van der Waals surface area contributed by atoms with E-state index >= 15 is 0 Å². The van der Waals surface area contributed by atoms with Crippen LogP contribution < -0.4 is 16.4 Å². The number of nitrogens with two attached hydrogens (primary N) is 1. The van der Waals surface area contributed by atoms with Crippen molar-refractivity contribution in [3.05, 3.63) is 29.8 Å². The Morgan fingerprint density at radius 1 is 1.23 bits per heavy atom. The number of hydrogen-bond donors (Lipinski definition) is 3. The van der Waals surface area contributed by atoms with Crippen molar-refractivity contribution < 1.29 is 28.7 Å². The minimum absolute atomic E-state index is 0.0181. The third-order valence-corrected chi connectivity index (χ3v) is 5.61. The number of esters is 1. The fraction of sp³-hybridized carbons (Fsp3) is 0.450. The zero-order valence-electron chi connectivity index (χ0n) is 16.6. The van der Waals surface area contributed by atoms with Crippen LogP contribution in [0.25, 0.3) is 0 Å². The summed E-state index contributed by atoms with van der Waals surface area (Å²) < 4.78 is 4.90. The summed E-state index contributed by atoms with van der Waals surface area (Å²) in [5, 5.41) is 5.25. The number of benzene rings is 1. The molecule has 0 radical (unpaired) electrons. The molecule has 30 heavy (non-hydrogen) atoms. The second kappa shape index (κ2) is 8.52. The first-order chi connectivity index (χ1) is 14.2. The number of primary amides is 1. The Morgan fingerprint density at radius 2 is 1.93 bits per heavy atom. The maximum absolute atomic E-state index is 12.8. The van der Waals surface area contributed by atoms with E-state index in [1.807, 2.05) is 6.92 Å². The molecule has 5 amide bonds. The molecule has 10 nitrogen and oxygen atoms in total. The van der Waals surface area contributed by atoms with Gasteiger partial charge in [-0.2, -0.15) is 0 Å². The molecular formula is C20H24N4O6. The second-order valence-electron chi connectivity index (χ2n) is 7.59. The molecule has 0 bridgehead atoms. The monoisotopic (exact) mass is 416 g/mol. The van der Waals surface area contributed by atoms with E-state index in [0.717, 1.165) is 24.2 Å². The molecule has 1 aliphatic heterocycles. The number of urea groups is 1. The highest BCUT2D eigenvalue weighted by Gasteiger charge is 2.55. The third kappa shape index (κ3) is 4.27. The topological polar surface area (TPSA) is 148 Å². The van der Waals surface area contributed by atoms with Crippen LogP contribution in [0, 0.1) is 5.92 Å². The molecule has 3 rings (SSSR count). The number of ether oxygens (including phenoxy) is 1. The molecule has 160 valence electrons. The summed E-state index contributed by atoms with van der Waals surface area (Å²) in [5.41, 5.74) is 4.87. The summed E-state index contributed by atoms with van der Waals surface area (Å²) in [4.78, 5) is 61.0. The van der Waals surface area contributed by atoms with Gasteiger partial charge in [-0.25, -0.2) is 4.79 Å². The van der Waals surface area contributed by atoms with Gasteiger partial charge >= 0.3 is 12.0 Å². The number of carbonyl (C=O) groups excluding carboxylic acids is 5. The smallest absolute Gasteiger partial charge is 0.326 e. The van der Waals surface area contributed by atoms with Crippen LogP contribution in [-0.2, 0) is 19.1 Å². The predicted octanol–water partition coefficient (Wildman–Crippen LogP) is 0.768. The quantitative estimate of drug-likeness (QED) is 0.461. The molecule has 1 saturated carbocycles. The molecular weight excluding hydrogens is 392 g/mol. The molecule has 10 heteroatoms. The Bertz CT molecular complexity index is 884. The maximum atomic E-state index is 12.8. The minimum atomic E-state index is -0.954. The molecule has 1 heterocycles. The van der Waals surface area contributed by atoms with Crippen molar-refractivity contribution in [3.8, 4) is 0 Å². The summed E-state index contributed by atoms with van der Waals surface area (Å²) in [7, 11) is 0. The van der Waals surface area contributed by atoms with Crippen LogP contribution in [0.4, 0.5) is 10.5 Å². The highest BCUT2D eigenvalue weighted by Crippen LogP contribution is 2.38. The summed E-state index contributed by atoms with van der Waals surface area (Å²) in [6, 6.07) is 5.24. The largest absolute Gasteiger partial charge is 0.454 e. The van der Waals surface area contributed by atoms with Crippen molar-refractivity contribution in [1.82, 2.24) is 10.2 Å². The Kier molecular flexibility index (Phi) is 6.04. The van der Waals surface area contributed by atoms with Crippen LogP contribution >= 0.6 is 0 Å². The average molecular weight is 416 g/mol. The number of rotatable bonds is 6. The summed E-state index contributed by atoms with van der Waals surface area (Å²) in [6.07, 6.45) is 3.19. The summed E-state index contributed by atoms with van der Waals surface area (Å²) >= 11 is 0. The van der Waals surface area contributed by atoms with Gasteiger partial charge in [-0.1, -0.05) is 19.8 Å². The van der Waals surface area contributed by atoms with Crippen LogP contribution in [0.2, 0.25) is 0 Å². The molecule has 2 fully saturated rings. The normalized spacial score (nSPS) is 23.2. The number of hydrogen-bond acceptors (Lipinski definition) is 6. The van der Waals surface area contributed by atoms with E-state index in [1.54, 1.807) is 0 Å². The van der Waals surface area contributed by atoms with Gasteiger partial charge < -0.3 is 21.1 Å². The van der Waals surface area contributed by atoms with Crippen LogP contribution in [0.1, 0.15) is 43.0 Å². The number of anilines is 1. The van der Waals surface area contributed by atoms with Crippen molar-refractivity contribution >= 4 is 35.4 Å². The van der Waals surface area contributed by atoms with Gasteiger partial charge in [0.15, 0.2) is 6.61 Å². The van der Waals surface area contributed by atoms with Crippen LogP contribution in [0.15, 0.2) is 24.3 Å². The molecule has 1 spiro atoms. The Balaban J connectivity index is 1.50. The number of imide groups is 1. The zero-order chi connectivity index (χ0) is 21.9. The summed E-state index contributed by atoms with van der Waals surface area (Å²) in [5.74, 6) is -2.50. The Labute approximate surface area is 173 Å². The number of nitrogens with one attached hydrogen (secondary N) is 2. The molecule has 2 aliphatic rings. The van der Waals surface area contributed by atoms with Gasteiger partial charge in [-0.15, -0.1) is 0 Å². The lowest BCUT2D eigenvalue weighted by atomic mass is 9.73. The van der Waals surface area contributed by atoms with Gasteiger partial charge in [0.2, 0.25) is 5.91 Å². The SMILES string of the molecule is C[C@H]1CCCC[C@]12NC(=O)N(CC(=O)OCC(=O)Nc1ccc(C(N)=O)cc1)C2=O. The first-order valence-electron chi connectivity index (χ1n) is 9.72. The van der Waals surface area contributed by atoms with Gasteiger partial charge in [-0.3, -0.25) is 24.1 Å². The second-order valence-corrected chi connectivity index (χ2v) is 7.59. The van der Waals surface area contributed by atoms with Gasteiger partial charge in [-0.05, 0) is 43.0 Å². The van der Waals surface area contributed by atoms with Crippen LogP contribution in [0.5, 0.6) is 0 Å². The molecule has 1 saturated heterocycles. The van der Waals surface area contributed by atoms with Crippen molar-refractivity contribution in [2.75, 3.05) is 18.5 Å². The van der Waals surface area contributed by atoms with Gasteiger partial charge in [0, 0.05) is 11.3 Å². The van der Waals surface area contributed by atoms with Crippen molar-refractivity contribution in [2.45, 2.75) is 38.1 Å². The van der Waals surface area contributed by atoms with Crippen molar-refractivity contribution in [1.29, 1.82) is 0 Å². The third-order valence-electron chi connectivity index (χ3n) is 5.61. The van der Waals surface area contributed by atoms with Gasteiger partial charge in [0.05, 0.1) is 0 Å². The van der Waals surface area contributed by atoms with E-state index in [0.29, 0.717) is 12.1 Å². The van der Waals surface area contributed by atoms with Crippen LogP contribution in [0.3, 0.4) is 0 Å². The van der Waals surface area contributed by atoms with E-state index in [9.17, 15) is 24.0 Å². The van der Waals surface area contributed by atoms with Crippen LogP contribution in [-0.4, -0.2) is 53.3 Å². The minimum Gasteiger partial charge on any atom is -0.454 e. The van der Waals surface area contributed by atoms with E-state index in [-0.39, 0.29) is 11.5 Å². The van der Waals surface area contributed by atoms with Gasteiger partial charge in [0.1, 0.15) is 12.1 Å². The molecule has 4 N–H and O–H groups in total. The molecule has 0 unspecified atom stereocenters. The first kappa shape index (κ1) is 21.3. The number of nitrogens with zero attached hydrogens (tertiary/aromatic N) is 1. The fourth-order valence-corrected chi connectivity index (χ4v) is 3.87. The lowest BCUT2D eigenvalue weighted by molar-refractivity contribution is -0.150. The molecule has 1 aliphatic carbocycles. The Morgan fingerprint density at radius 3 is 2.57 bits per heavy atom. The standard InChI is InChI=1S/C20H24N4O6/c1-12-4-2-3-9-20(12)18(28)24(19(29)23-20)10-16(26)30-11-15(25)22-14-7-5-13(6-8-14)17(21)27/h5-8,12H,2-4,9-11H2,1H3,(H2,21,27)(H,22,25)(H,23,29)/t12-,20-/m0/s1. The highest BCUT2D eigenvalue weighted by molar-refractivity contribution is 6.09. The average Bonchev–Trinajstić information content (AvgIpc) is 2.94. The number of amides is 5. The van der Waals surface area contributed by atoms with E-state index in [1.165, 1.54) is 24.3 Å². The van der Waals surface area contributed by atoms with E-state index in [4.69, 9.17) is 10.5 Å². The van der Waals surface area contributed by atoms with Gasteiger partial charge in [0.25, 0.3) is 11.8 Å². The molecule has 2 atom stereocenters. The highest BCUT2D eigenvalue weighted by atomic mass is 16.5. The molecule has 1 aromatic carbocycles. The zero-order valence-corrected chi connectivity index (χ0v) is 16.6. The first-order valence-corrected chi connectivity index (χ1v) is 9.72. The molecule has 1 aromatic rings. The van der Waals surface area contributed by atoms with E-state index < -0.39 is 48.4 Å². The maximum Gasteiger partial charge on any atom is 0.326 e. The lowest BCUT2D eigenvalue weighted by Crippen LogP contribution is -2.54. The predicted molar refractivity (Wildman–Crippen MR) is 105 cm³/mol. The lowest BCUT2D eigenvalue weighted by Gasteiger charge is -2.36. The Hall–Kier alpha value is -3.43. The molecule has 0 aromatic heterocycles. The van der Waals surface area contributed by atoms with Crippen molar-refractivity contribution in [3.63, 3.8) is 0 Å². The fourth-order valence-electron chi connectivity index (χ4n) is 3.87.